The summed E-state index contributed by atoms with van der Waals surface area (Å²) in [7, 11) is 0. The van der Waals surface area contributed by atoms with Gasteiger partial charge in [-0.3, -0.25) is 9.69 Å². The number of benzene rings is 1. The number of aryl methyl sites for hydroxylation is 2. The van der Waals surface area contributed by atoms with Gasteiger partial charge in [-0.25, -0.2) is 4.68 Å². The van der Waals surface area contributed by atoms with Crippen LogP contribution in [-0.2, 0) is 11.3 Å². The molecule has 3 aromatic rings. The van der Waals surface area contributed by atoms with E-state index in [2.05, 4.69) is 76.0 Å². The van der Waals surface area contributed by atoms with E-state index in [0.29, 0.717) is 12.6 Å². The number of hydrogen-bond donors (Lipinski definition) is 1. The summed E-state index contributed by atoms with van der Waals surface area (Å²) in [5.41, 5.74) is 3.97. The number of pyridine rings is 1. The van der Waals surface area contributed by atoms with Gasteiger partial charge in [0.2, 0.25) is 0 Å². The molecule has 1 aromatic carbocycles. The average Bonchev–Trinajstić information content (AvgIpc) is 3.60. The highest BCUT2D eigenvalue weighted by Gasteiger charge is 2.34. The van der Waals surface area contributed by atoms with Crippen molar-refractivity contribution in [1.29, 1.82) is 0 Å². The minimum absolute atomic E-state index is 0.00958. The van der Waals surface area contributed by atoms with Crippen LogP contribution in [0.5, 0.6) is 0 Å². The van der Waals surface area contributed by atoms with Crippen LogP contribution in [0.25, 0.3) is 10.9 Å². The fourth-order valence-electron chi connectivity index (χ4n) is 5.92. The molecule has 0 radical (unpaired) electrons. The standard InChI is InChI=1S/C27H38N6O2/c1-17(2)25(26-29-30-31-33(26)22-8-5-6-9-22)32(16-23-10-7-13-35-23)15-21-14-20-12-11-18(3)19(4)24(20)28-27(21)34/h11-12,14,17,22-23,25H,5-10,13,15-16H2,1-4H3,(H,28,34)/t23-,25+/m1/s1. The highest BCUT2D eigenvalue weighted by atomic mass is 16.5. The number of hydrogen-bond acceptors (Lipinski definition) is 6. The number of tetrazole rings is 1. The van der Waals surface area contributed by atoms with Gasteiger partial charge in [-0.05, 0) is 78.5 Å². The second kappa shape index (κ2) is 10.2. The van der Waals surface area contributed by atoms with Crippen molar-refractivity contribution in [2.24, 2.45) is 5.92 Å². The monoisotopic (exact) mass is 478 g/mol. The molecule has 2 aliphatic rings. The van der Waals surface area contributed by atoms with Gasteiger partial charge >= 0.3 is 0 Å². The number of nitrogens with zero attached hydrogens (tertiary/aromatic N) is 5. The molecule has 0 amide bonds. The predicted octanol–water partition coefficient (Wildman–Crippen LogP) is 4.62. The summed E-state index contributed by atoms with van der Waals surface area (Å²) in [5.74, 6) is 1.18. The molecule has 1 aliphatic heterocycles. The summed E-state index contributed by atoms with van der Waals surface area (Å²) in [6.07, 6.45) is 6.98. The van der Waals surface area contributed by atoms with E-state index in [1.165, 1.54) is 18.4 Å². The van der Waals surface area contributed by atoms with Crippen molar-refractivity contribution in [2.75, 3.05) is 13.2 Å². The van der Waals surface area contributed by atoms with E-state index in [0.717, 1.165) is 66.7 Å². The first-order chi connectivity index (χ1) is 16.9. The summed E-state index contributed by atoms with van der Waals surface area (Å²) in [6.45, 7) is 10.7. The maximum atomic E-state index is 13.3. The Morgan fingerprint density at radius 3 is 2.69 bits per heavy atom. The zero-order valence-electron chi connectivity index (χ0n) is 21.5. The van der Waals surface area contributed by atoms with Crippen LogP contribution in [0.1, 0.15) is 87.0 Å². The van der Waals surface area contributed by atoms with Gasteiger partial charge in [0.1, 0.15) is 0 Å². The first-order valence-corrected chi connectivity index (χ1v) is 13.2. The molecule has 0 bridgehead atoms. The van der Waals surface area contributed by atoms with Crippen LogP contribution in [0.2, 0.25) is 0 Å². The number of fused-ring (bicyclic) bond motifs is 1. The quantitative estimate of drug-likeness (QED) is 0.508. The second-order valence-corrected chi connectivity index (χ2v) is 10.8. The number of ether oxygens (including phenoxy) is 1. The Balaban J connectivity index is 1.53. The van der Waals surface area contributed by atoms with Crippen LogP contribution in [-0.4, -0.2) is 49.3 Å². The lowest BCUT2D eigenvalue weighted by atomic mass is 9.98. The van der Waals surface area contributed by atoms with Crippen molar-refractivity contribution >= 4 is 10.9 Å². The molecule has 1 saturated carbocycles. The van der Waals surface area contributed by atoms with Gasteiger partial charge in [-0.1, -0.05) is 38.8 Å². The molecule has 2 fully saturated rings. The number of aromatic nitrogens is 5. The summed E-state index contributed by atoms with van der Waals surface area (Å²) in [5, 5.41) is 14.1. The highest BCUT2D eigenvalue weighted by Crippen LogP contribution is 2.35. The van der Waals surface area contributed by atoms with Gasteiger partial charge in [-0.2, -0.15) is 0 Å². The Morgan fingerprint density at radius 1 is 1.17 bits per heavy atom. The Hall–Kier alpha value is -2.58. The van der Waals surface area contributed by atoms with E-state index in [1.54, 1.807) is 0 Å². The van der Waals surface area contributed by atoms with E-state index in [4.69, 9.17) is 4.74 Å². The smallest absolute Gasteiger partial charge is 0.252 e. The molecule has 1 saturated heterocycles. The topological polar surface area (TPSA) is 88.9 Å². The molecule has 35 heavy (non-hydrogen) atoms. The average molecular weight is 479 g/mol. The summed E-state index contributed by atoms with van der Waals surface area (Å²) in [4.78, 5) is 18.8. The lowest BCUT2D eigenvalue weighted by Gasteiger charge is -2.35. The molecule has 8 heteroatoms. The second-order valence-electron chi connectivity index (χ2n) is 10.8. The Bertz CT molecular complexity index is 1220. The normalized spacial score (nSPS) is 20.0. The molecule has 8 nitrogen and oxygen atoms in total. The van der Waals surface area contributed by atoms with Crippen molar-refractivity contribution in [2.45, 2.75) is 91.0 Å². The third-order valence-corrected chi connectivity index (χ3v) is 7.94. The van der Waals surface area contributed by atoms with Crippen LogP contribution in [0.4, 0.5) is 0 Å². The Kier molecular flexibility index (Phi) is 7.02. The van der Waals surface area contributed by atoms with Gasteiger partial charge in [0, 0.05) is 25.3 Å². The molecule has 0 spiro atoms. The zero-order chi connectivity index (χ0) is 24.5. The van der Waals surface area contributed by atoms with Crippen LogP contribution in [0, 0.1) is 19.8 Å². The lowest BCUT2D eigenvalue weighted by molar-refractivity contribution is 0.0379. The molecule has 2 aromatic heterocycles. The summed E-state index contributed by atoms with van der Waals surface area (Å²) < 4.78 is 8.11. The van der Waals surface area contributed by atoms with Crippen LogP contribution < -0.4 is 5.56 Å². The molecule has 5 rings (SSSR count). The minimum atomic E-state index is -0.0265. The summed E-state index contributed by atoms with van der Waals surface area (Å²) in [6, 6.07) is 6.63. The zero-order valence-corrected chi connectivity index (χ0v) is 21.5. The molecule has 2 atom stereocenters. The van der Waals surface area contributed by atoms with Gasteiger partial charge < -0.3 is 9.72 Å². The van der Waals surface area contributed by atoms with E-state index in [1.807, 2.05) is 0 Å². The maximum Gasteiger partial charge on any atom is 0.252 e. The highest BCUT2D eigenvalue weighted by molar-refractivity contribution is 5.83. The van der Waals surface area contributed by atoms with Gasteiger partial charge in [0.05, 0.1) is 23.7 Å². The Labute approximate surface area is 207 Å². The van der Waals surface area contributed by atoms with Gasteiger partial charge in [-0.15, -0.1) is 5.10 Å². The van der Waals surface area contributed by atoms with E-state index in [9.17, 15) is 4.79 Å². The largest absolute Gasteiger partial charge is 0.377 e. The van der Waals surface area contributed by atoms with Crippen molar-refractivity contribution in [1.82, 2.24) is 30.1 Å². The first kappa shape index (κ1) is 24.1. The number of nitrogens with one attached hydrogen (secondary N) is 1. The van der Waals surface area contributed by atoms with Crippen molar-refractivity contribution in [3.63, 3.8) is 0 Å². The lowest BCUT2D eigenvalue weighted by Crippen LogP contribution is -2.40. The molecular weight excluding hydrogens is 440 g/mol. The third kappa shape index (κ3) is 4.91. The number of rotatable bonds is 8. The van der Waals surface area contributed by atoms with Crippen molar-refractivity contribution in [3.05, 3.63) is 51.1 Å². The summed E-state index contributed by atoms with van der Waals surface area (Å²) >= 11 is 0. The Morgan fingerprint density at radius 2 is 1.97 bits per heavy atom. The molecule has 188 valence electrons. The molecular formula is C27H38N6O2. The third-order valence-electron chi connectivity index (χ3n) is 7.94. The number of H-pyrrole nitrogens is 1. The minimum Gasteiger partial charge on any atom is -0.377 e. The fourth-order valence-corrected chi connectivity index (χ4v) is 5.92. The molecule has 1 N–H and O–H groups in total. The van der Waals surface area contributed by atoms with Gasteiger partial charge in [0.25, 0.3) is 5.56 Å². The van der Waals surface area contributed by atoms with Crippen LogP contribution >= 0.6 is 0 Å². The van der Waals surface area contributed by atoms with E-state index in [-0.39, 0.29) is 23.6 Å². The van der Waals surface area contributed by atoms with Crippen molar-refractivity contribution < 1.29 is 4.74 Å². The van der Waals surface area contributed by atoms with E-state index < -0.39 is 0 Å². The van der Waals surface area contributed by atoms with E-state index >= 15 is 0 Å². The SMILES string of the molecule is Cc1ccc2cc(CN(C[C@H]3CCCO3)[C@H](c3nnnn3C3CCCC3)C(C)C)c(=O)[nH]c2c1C. The molecule has 0 unspecified atom stereocenters. The van der Waals surface area contributed by atoms with Crippen molar-refractivity contribution in [3.8, 4) is 0 Å². The fraction of sp³-hybridized carbons (Fsp3) is 0.630. The van der Waals surface area contributed by atoms with Crippen LogP contribution in [0.15, 0.2) is 23.0 Å². The molecule has 1 aliphatic carbocycles. The maximum absolute atomic E-state index is 13.3. The predicted molar refractivity (Wildman–Crippen MR) is 136 cm³/mol. The molecule has 3 heterocycles. The van der Waals surface area contributed by atoms with Gasteiger partial charge in [0.15, 0.2) is 5.82 Å². The van der Waals surface area contributed by atoms with Crippen LogP contribution in [0.3, 0.4) is 0 Å². The number of aromatic amines is 1. The first-order valence-electron chi connectivity index (χ1n) is 13.2.